The lowest BCUT2D eigenvalue weighted by Gasteiger charge is -2.45. The molecule has 0 unspecified atom stereocenters. The fourth-order valence-corrected chi connectivity index (χ4v) is 5.57. The van der Waals surface area contributed by atoms with Crippen LogP contribution in [0.5, 0.6) is 11.5 Å². The molecule has 35 heavy (non-hydrogen) atoms. The Morgan fingerprint density at radius 2 is 1.83 bits per heavy atom. The smallest absolute Gasteiger partial charge is 0.419 e. The van der Waals surface area contributed by atoms with Crippen molar-refractivity contribution in [2.45, 2.75) is 49.4 Å². The summed E-state index contributed by atoms with van der Waals surface area (Å²) in [5.74, 6) is -0.0478. The van der Waals surface area contributed by atoms with Crippen molar-refractivity contribution < 1.29 is 31.8 Å². The first-order valence-corrected chi connectivity index (χ1v) is 11.4. The second-order valence-electron chi connectivity index (χ2n) is 9.23. The highest BCUT2D eigenvalue weighted by Crippen LogP contribution is 2.49. The first-order valence-electron chi connectivity index (χ1n) is 11.4. The van der Waals surface area contributed by atoms with Gasteiger partial charge in [-0.3, -0.25) is 0 Å². The number of methoxy groups -OCH3 is 2. The monoisotopic (exact) mass is 495 g/mol. The van der Waals surface area contributed by atoms with E-state index in [4.69, 9.17) is 9.47 Å². The lowest BCUT2D eigenvalue weighted by molar-refractivity contribution is -0.139. The fourth-order valence-electron chi connectivity index (χ4n) is 5.57. The Labute approximate surface area is 201 Å². The number of alkyl halides is 3. The summed E-state index contributed by atoms with van der Waals surface area (Å²) in [7, 11) is 5.27. The van der Waals surface area contributed by atoms with Crippen LogP contribution in [0.15, 0.2) is 36.4 Å². The molecule has 190 valence electrons. The molecule has 2 aromatic rings. The minimum atomic E-state index is -4.85. The number of likely N-dealkylation sites (N-methyl/N-ethyl adjacent to an activating group) is 1. The molecule has 0 bridgehead atoms. The number of halogens is 4. The zero-order chi connectivity index (χ0) is 25.4. The van der Waals surface area contributed by atoms with Crippen molar-refractivity contribution in [3.63, 3.8) is 0 Å². The highest BCUT2D eigenvalue weighted by atomic mass is 19.4. The number of nitrogens with one attached hydrogen (secondary N) is 2. The summed E-state index contributed by atoms with van der Waals surface area (Å²) in [4.78, 5) is 14.9. The Kier molecular flexibility index (Phi) is 6.86. The van der Waals surface area contributed by atoms with Gasteiger partial charge in [-0.05, 0) is 75.2 Å². The largest absolute Gasteiger partial charge is 0.493 e. The standard InChI is InChI=1S/C25H29F4N3O3/c1-32-11-10-24(15-4-7-20(34-2)21(12-15)35-3)9-8-17(14-22(24)32)31-23(33)30-16-5-6-19(26)18(13-16)25(27,28)29/h4-7,12-13,17,22H,8-11,14H2,1-3H3,(H2,30,31,33)/t17-,22+,24-/m0/s1. The van der Waals surface area contributed by atoms with Crippen molar-refractivity contribution in [1.82, 2.24) is 10.2 Å². The van der Waals surface area contributed by atoms with Gasteiger partial charge in [-0.15, -0.1) is 0 Å². The second kappa shape index (κ2) is 9.56. The predicted molar refractivity (Wildman–Crippen MR) is 123 cm³/mol. The van der Waals surface area contributed by atoms with Crippen LogP contribution in [-0.2, 0) is 11.6 Å². The third-order valence-corrected chi connectivity index (χ3v) is 7.35. The molecule has 4 rings (SSSR count). The number of anilines is 1. The maximum atomic E-state index is 13.5. The molecule has 0 aromatic heterocycles. The first kappa shape index (κ1) is 25.1. The Morgan fingerprint density at radius 3 is 2.51 bits per heavy atom. The number of likely N-dealkylation sites (tertiary alicyclic amines) is 1. The lowest BCUT2D eigenvalue weighted by Crippen LogP contribution is -2.52. The summed E-state index contributed by atoms with van der Waals surface area (Å²) in [5.41, 5.74) is -0.468. The molecule has 2 amide bonds. The Bertz CT molecular complexity index is 1090. The van der Waals surface area contributed by atoms with Crippen LogP contribution in [0.1, 0.15) is 36.8 Å². The topological polar surface area (TPSA) is 62.8 Å². The zero-order valence-electron chi connectivity index (χ0n) is 19.8. The van der Waals surface area contributed by atoms with E-state index in [9.17, 15) is 22.4 Å². The molecule has 1 aliphatic carbocycles. The number of hydrogen-bond acceptors (Lipinski definition) is 4. The number of carbonyl (C=O) groups excluding carboxylic acids is 1. The second-order valence-corrected chi connectivity index (χ2v) is 9.23. The number of nitrogens with zero attached hydrogens (tertiary/aromatic N) is 1. The van der Waals surface area contributed by atoms with Gasteiger partial charge < -0.3 is 25.0 Å². The van der Waals surface area contributed by atoms with E-state index in [0.29, 0.717) is 36.5 Å². The Hall–Kier alpha value is -3.01. The van der Waals surface area contributed by atoms with Gasteiger partial charge in [0.05, 0.1) is 19.8 Å². The number of fused-ring (bicyclic) bond motifs is 1. The van der Waals surface area contributed by atoms with Gasteiger partial charge in [-0.25, -0.2) is 9.18 Å². The lowest BCUT2D eigenvalue weighted by atomic mass is 9.65. The maximum absolute atomic E-state index is 13.5. The molecule has 2 N–H and O–H groups in total. The minimum absolute atomic E-state index is 0.0957. The van der Waals surface area contributed by atoms with E-state index >= 15 is 0 Å². The maximum Gasteiger partial charge on any atom is 0.419 e. The number of hydrogen-bond donors (Lipinski definition) is 2. The molecule has 1 saturated carbocycles. The van der Waals surface area contributed by atoms with Gasteiger partial charge in [-0.2, -0.15) is 13.2 Å². The number of amides is 2. The molecule has 10 heteroatoms. The van der Waals surface area contributed by atoms with Crippen LogP contribution in [0, 0.1) is 5.82 Å². The van der Waals surface area contributed by atoms with E-state index in [1.165, 1.54) is 5.56 Å². The summed E-state index contributed by atoms with van der Waals surface area (Å²) in [6.45, 7) is 0.910. The van der Waals surface area contributed by atoms with Crippen molar-refractivity contribution >= 4 is 11.7 Å². The minimum Gasteiger partial charge on any atom is -0.493 e. The third-order valence-electron chi connectivity index (χ3n) is 7.35. The molecule has 2 aromatic carbocycles. The van der Waals surface area contributed by atoms with Crippen LogP contribution in [0.25, 0.3) is 0 Å². The molecule has 1 heterocycles. The molecular weight excluding hydrogens is 466 g/mol. The molecule has 0 spiro atoms. The Morgan fingerprint density at radius 1 is 1.09 bits per heavy atom. The van der Waals surface area contributed by atoms with Gasteiger partial charge in [-0.1, -0.05) is 6.07 Å². The fraction of sp³-hybridized carbons (Fsp3) is 0.480. The van der Waals surface area contributed by atoms with Crippen molar-refractivity contribution in [3.8, 4) is 11.5 Å². The molecule has 3 atom stereocenters. The molecule has 1 aliphatic heterocycles. The summed E-state index contributed by atoms with van der Waals surface area (Å²) in [6.07, 6.45) is -1.64. The van der Waals surface area contributed by atoms with E-state index in [-0.39, 0.29) is 23.2 Å². The summed E-state index contributed by atoms with van der Waals surface area (Å²) in [6, 6.07) is 7.81. The number of benzene rings is 2. The van der Waals surface area contributed by atoms with E-state index < -0.39 is 23.6 Å². The van der Waals surface area contributed by atoms with E-state index in [2.05, 4.69) is 28.6 Å². The van der Waals surface area contributed by atoms with Crippen LogP contribution in [0.3, 0.4) is 0 Å². The van der Waals surface area contributed by atoms with Gasteiger partial charge in [0.25, 0.3) is 0 Å². The SMILES string of the molecule is COc1ccc([C@@]23CC[C@H](NC(=O)Nc4ccc(F)c(C(F)(F)F)c4)C[C@H]2N(C)CC3)cc1OC. The van der Waals surface area contributed by atoms with Crippen molar-refractivity contribution in [2.24, 2.45) is 0 Å². The average molecular weight is 496 g/mol. The molecule has 0 radical (unpaired) electrons. The van der Waals surface area contributed by atoms with E-state index in [1.54, 1.807) is 14.2 Å². The van der Waals surface area contributed by atoms with E-state index in [1.807, 2.05) is 12.1 Å². The summed E-state index contributed by atoms with van der Waals surface area (Å²) in [5, 5.41) is 5.29. The number of carbonyl (C=O) groups is 1. The molecule has 2 aliphatic rings. The Balaban J connectivity index is 1.47. The van der Waals surface area contributed by atoms with Crippen LogP contribution >= 0.6 is 0 Å². The molecule has 1 saturated heterocycles. The van der Waals surface area contributed by atoms with Gasteiger partial charge in [0.15, 0.2) is 11.5 Å². The van der Waals surface area contributed by atoms with Gasteiger partial charge in [0.1, 0.15) is 5.82 Å². The number of rotatable bonds is 5. The van der Waals surface area contributed by atoms with Crippen molar-refractivity contribution in [1.29, 1.82) is 0 Å². The van der Waals surface area contributed by atoms with Crippen LogP contribution in [0.2, 0.25) is 0 Å². The van der Waals surface area contributed by atoms with Gasteiger partial charge in [0, 0.05) is 23.2 Å². The quantitative estimate of drug-likeness (QED) is 0.562. The predicted octanol–water partition coefficient (Wildman–Crippen LogP) is 5.18. The third kappa shape index (κ3) is 4.89. The van der Waals surface area contributed by atoms with Crippen molar-refractivity contribution in [2.75, 3.05) is 33.1 Å². The van der Waals surface area contributed by atoms with Crippen LogP contribution < -0.4 is 20.1 Å². The zero-order valence-corrected chi connectivity index (χ0v) is 19.8. The van der Waals surface area contributed by atoms with E-state index in [0.717, 1.165) is 25.5 Å². The first-order chi connectivity index (χ1) is 16.6. The average Bonchev–Trinajstić information content (AvgIpc) is 3.16. The molecule has 2 fully saturated rings. The number of urea groups is 1. The molecule has 6 nitrogen and oxygen atoms in total. The van der Waals surface area contributed by atoms with Crippen molar-refractivity contribution in [3.05, 3.63) is 53.3 Å². The van der Waals surface area contributed by atoms with Gasteiger partial charge in [0.2, 0.25) is 0 Å². The highest BCUT2D eigenvalue weighted by molar-refractivity contribution is 5.89. The summed E-state index contributed by atoms with van der Waals surface area (Å²) >= 11 is 0. The molecular formula is C25H29F4N3O3. The highest BCUT2D eigenvalue weighted by Gasteiger charge is 2.50. The normalized spacial score (nSPS) is 24.5. The van der Waals surface area contributed by atoms with Gasteiger partial charge >= 0.3 is 12.2 Å². The number of ether oxygens (including phenoxy) is 2. The van der Waals surface area contributed by atoms with Crippen LogP contribution in [0.4, 0.5) is 28.0 Å². The summed E-state index contributed by atoms with van der Waals surface area (Å²) < 4.78 is 63.4. The van der Waals surface area contributed by atoms with Crippen LogP contribution in [-0.4, -0.2) is 50.8 Å².